The maximum Gasteiger partial charge on any atom is 0.0789 e. The molecule has 186 valence electrons. The third-order valence-electron chi connectivity index (χ3n) is 7.31. The zero-order chi connectivity index (χ0) is 25.9. The van der Waals surface area contributed by atoms with Crippen LogP contribution in [0, 0.1) is 12.8 Å². The molecule has 0 spiro atoms. The van der Waals surface area contributed by atoms with Crippen LogP contribution in [0.1, 0.15) is 50.6 Å². The number of aryl methyl sites for hydroxylation is 1. The van der Waals surface area contributed by atoms with Gasteiger partial charge < -0.3 is 0 Å². The molecule has 6 rings (SSSR count). The SMILES string of the molecule is Cc1c(CC(C)C)sc2c(-c3cc4c(-c5cc(C(C)(C)C)c6ccccc6c5)nccc4s3)cccc12. The fraction of sp³-hybridized carbons (Fsp3) is 0.265. The smallest absolute Gasteiger partial charge is 0.0789 e. The Kier molecular flexibility index (Phi) is 5.97. The van der Waals surface area contributed by atoms with Gasteiger partial charge in [-0.25, -0.2) is 0 Å². The summed E-state index contributed by atoms with van der Waals surface area (Å²) >= 11 is 3.86. The van der Waals surface area contributed by atoms with Crippen LogP contribution >= 0.6 is 22.7 Å². The van der Waals surface area contributed by atoms with Crippen molar-refractivity contribution in [2.24, 2.45) is 5.92 Å². The van der Waals surface area contributed by atoms with Gasteiger partial charge in [0, 0.05) is 41.9 Å². The zero-order valence-corrected chi connectivity index (χ0v) is 24.1. The number of rotatable bonds is 4. The maximum absolute atomic E-state index is 4.94. The molecule has 0 aliphatic heterocycles. The first kappa shape index (κ1) is 24.3. The van der Waals surface area contributed by atoms with Gasteiger partial charge in [-0.15, -0.1) is 22.7 Å². The van der Waals surface area contributed by atoms with E-state index in [0.717, 1.165) is 12.1 Å². The molecule has 0 amide bonds. The van der Waals surface area contributed by atoms with E-state index in [2.05, 4.69) is 108 Å². The average molecular weight is 520 g/mol. The van der Waals surface area contributed by atoms with Crippen LogP contribution in [-0.4, -0.2) is 4.98 Å². The van der Waals surface area contributed by atoms with Gasteiger partial charge in [-0.05, 0) is 76.2 Å². The summed E-state index contributed by atoms with van der Waals surface area (Å²) in [4.78, 5) is 7.78. The van der Waals surface area contributed by atoms with Crippen LogP contribution in [0.4, 0.5) is 0 Å². The minimum absolute atomic E-state index is 0.0453. The molecule has 37 heavy (non-hydrogen) atoms. The highest BCUT2D eigenvalue weighted by Gasteiger charge is 2.20. The number of benzene rings is 3. The third kappa shape index (κ3) is 4.28. The largest absolute Gasteiger partial charge is 0.256 e. The molecule has 0 saturated heterocycles. The highest BCUT2D eigenvalue weighted by atomic mass is 32.1. The normalized spacial score (nSPS) is 12.4. The Labute approximate surface area is 227 Å². The van der Waals surface area contributed by atoms with Crippen molar-refractivity contribution in [1.29, 1.82) is 0 Å². The van der Waals surface area contributed by atoms with Gasteiger partial charge >= 0.3 is 0 Å². The summed E-state index contributed by atoms with van der Waals surface area (Å²) in [5.74, 6) is 0.660. The molecule has 0 fully saturated rings. The lowest BCUT2D eigenvalue weighted by Crippen LogP contribution is -2.12. The number of hydrogen-bond acceptors (Lipinski definition) is 3. The van der Waals surface area contributed by atoms with Crippen LogP contribution in [-0.2, 0) is 11.8 Å². The molecular formula is C34H33NS2. The molecule has 0 aliphatic carbocycles. The highest BCUT2D eigenvalue weighted by molar-refractivity contribution is 7.24. The van der Waals surface area contributed by atoms with Gasteiger partial charge in [0.05, 0.1) is 5.69 Å². The number of fused-ring (bicyclic) bond motifs is 3. The second kappa shape index (κ2) is 9.08. The van der Waals surface area contributed by atoms with E-state index in [0.29, 0.717) is 5.92 Å². The van der Waals surface area contributed by atoms with Crippen molar-refractivity contribution in [2.75, 3.05) is 0 Å². The molecule has 3 heteroatoms. The summed E-state index contributed by atoms with van der Waals surface area (Å²) in [7, 11) is 0. The fourth-order valence-corrected chi connectivity index (χ4v) is 8.14. The minimum atomic E-state index is 0.0453. The molecule has 3 aromatic carbocycles. The Bertz CT molecular complexity index is 1780. The van der Waals surface area contributed by atoms with Crippen LogP contribution in [0.25, 0.3) is 52.6 Å². The molecular weight excluding hydrogens is 487 g/mol. The number of thiophene rings is 2. The van der Waals surface area contributed by atoms with Gasteiger partial charge in [0.25, 0.3) is 0 Å². The second-order valence-electron chi connectivity index (χ2n) is 11.6. The van der Waals surface area contributed by atoms with Crippen LogP contribution in [0.2, 0.25) is 0 Å². The number of nitrogens with zero attached hydrogens (tertiary/aromatic N) is 1. The summed E-state index contributed by atoms with van der Waals surface area (Å²) in [6.45, 7) is 13.8. The maximum atomic E-state index is 4.94. The lowest BCUT2D eigenvalue weighted by molar-refractivity contribution is 0.596. The summed E-state index contributed by atoms with van der Waals surface area (Å²) < 4.78 is 2.70. The van der Waals surface area contributed by atoms with Gasteiger partial charge in [0.15, 0.2) is 0 Å². The van der Waals surface area contributed by atoms with Crippen molar-refractivity contribution in [1.82, 2.24) is 4.98 Å². The Morgan fingerprint density at radius 1 is 0.838 bits per heavy atom. The molecule has 0 atom stereocenters. The Hall–Kier alpha value is -3.01. The summed E-state index contributed by atoms with van der Waals surface area (Å²) in [5.41, 5.74) is 6.48. The molecule has 0 radical (unpaired) electrons. The van der Waals surface area contributed by atoms with E-state index < -0.39 is 0 Å². The van der Waals surface area contributed by atoms with Crippen molar-refractivity contribution in [3.8, 4) is 21.7 Å². The van der Waals surface area contributed by atoms with Gasteiger partial charge in [0.2, 0.25) is 0 Å². The molecule has 0 bridgehead atoms. The first-order chi connectivity index (χ1) is 17.7. The van der Waals surface area contributed by atoms with Gasteiger partial charge in [-0.1, -0.05) is 77.1 Å². The van der Waals surface area contributed by atoms with Crippen molar-refractivity contribution in [3.63, 3.8) is 0 Å². The van der Waals surface area contributed by atoms with Crippen LogP contribution in [0.15, 0.2) is 72.9 Å². The number of pyridine rings is 1. The van der Waals surface area contributed by atoms with Crippen LogP contribution in [0.5, 0.6) is 0 Å². The van der Waals surface area contributed by atoms with Crippen molar-refractivity contribution in [2.45, 2.75) is 53.4 Å². The standard InChI is InChI=1S/C34H33NS2/c1-20(2)16-30-21(3)24-12-9-13-26(33(24)37-30)31-19-27-29(36-31)14-15-35-32(27)23-17-22-10-7-8-11-25(22)28(18-23)34(4,5)6/h7-15,17-20H,16H2,1-6H3. The fourth-order valence-electron chi connectivity index (χ4n) is 5.45. The van der Waals surface area contributed by atoms with Gasteiger partial charge in [-0.2, -0.15) is 0 Å². The molecule has 0 aliphatic rings. The Balaban J connectivity index is 1.54. The highest BCUT2D eigenvalue weighted by Crippen LogP contribution is 2.44. The lowest BCUT2D eigenvalue weighted by Gasteiger charge is -2.22. The van der Waals surface area contributed by atoms with E-state index in [1.807, 2.05) is 28.9 Å². The summed E-state index contributed by atoms with van der Waals surface area (Å²) in [6, 6.07) is 24.8. The predicted octanol–water partition coefficient (Wildman–Crippen LogP) is 10.8. The van der Waals surface area contributed by atoms with Crippen LogP contribution in [0.3, 0.4) is 0 Å². The molecule has 0 unspecified atom stereocenters. The summed E-state index contributed by atoms with van der Waals surface area (Å²) in [6.07, 6.45) is 3.11. The van der Waals surface area contributed by atoms with E-state index in [9.17, 15) is 0 Å². The molecule has 3 aromatic heterocycles. The van der Waals surface area contributed by atoms with E-state index in [4.69, 9.17) is 4.98 Å². The van der Waals surface area contributed by atoms with E-state index in [1.54, 1.807) is 0 Å². The molecule has 0 saturated carbocycles. The zero-order valence-electron chi connectivity index (χ0n) is 22.5. The number of hydrogen-bond donors (Lipinski definition) is 0. The van der Waals surface area contributed by atoms with Gasteiger partial charge in [0.1, 0.15) is 0 Å². The molecule has 6 aromatic rings. The lowest BCUT2D eigenvalue weighted by atomic mass is 9.82. The second-order valence-corrected chi connectivity index (χ2v) is 13.8. The van der Waals surface area contributed by atoms with Crippen molar-refractivity contribution >= 4 is 53.6 Å². The van der Waals surface area contributed by atoms with E-state index in [1.165, 1.54) is 63.0 Å². The molecule has 3 heterocycles. The topological polar surface area (TPSA) is 12.9 Å². The van der Waals surface area contributed by atoms with Gasteiger partial charge in [-0.3, -0.25) is 4.98 Å². The monoisotopic (exact) mass is 519 g/mol. The molecule has 0 N–H and O–H groups in total. The van der Waals surface area contributed by atoms with E-state index in [-0.39, 0.29) is 5.41 Å². The molecule has 1 nitrogen and oxygen atoms in total. The van der Waals surface area contributed by atoms with Crippen molar-refractivity contribution in [3.05, 3.63) is 88.9 Å². The first-order valence-corrected chi connectivity index (χ1v) is 14.8. The summed E-state index contributed by atoms with van der Waals surface area (Å²) in [5, 5.41) is 5.24. The Morgan fingerprint density at radius 2 is 1.62 bits per heavy atom. The van der Waals surface area contributed by atoms with Crippen LogP contribution < -0.4 is 0 Å². The quantitative estimate of drug-likeness (QED) is 0.226. The van der Waals surface area contributed by atoms with E-state index >= 15 is 0 Å². The average Bonchev–Trinajstić information content (AvgIpc) is 3.43. The Morgan fingerprint density at radius 3 is 2.41 bits per heavy atom. The number of aromatic nitrogens is 1. The third-order valence-corrected chi connectivity index (χ3v) is 9.81. The first-order valence-electron chi connectivity index (χ1n) is 13.1. The minimum Gasteiger partial charge on any atom is -0.256 e. The predicted molar refractivity (Wildman–Crippen MR) is 165 cm³/mol. The van der Waals surface area contributed by atoms with Crippen molar-refractivity contribution < 1.29 is 0 Å².